The summed E-state index contributed by atoms with van der Waals surface area (Å²) in [6.45, 7) is 1.92. The van der Waals surface area contributed by atoms with Crippen molar-refractivity contribution in [1.82, 2.24) is 15.3 Å². The minimum absolute atomic E-state index is 0.101. The lowest BCUT2D eigenvalue weighted by atomic mass is 10.4. The summed E-state index contributed by atoms with van der Waals surface area (Å²) >= 11 is 3.09. The highest BCUT2D eigenvalue weighted by Gasteiger charge is 2.26. The van der Waals surface area contributed by atoms with Crippen LogP contribution in [0.3, 0.4) is 0 Å². The molecule has 18 heavy (non-hydrogen) atoms. The average molecular weight is 279 g/mol. The Balaban J connectivity index is 1.74. The van der Waals surface area contributed by atoms with Crippen LogP contribution in [0.15, 0.2) is 22.8 Å². The smallest absolute Gasteiger partial charge is 0.233 e. The van der Waals surface area contributed by atoms with Crippen LogP contribution in [-0.2, 0) is 4.79 Å². The largest absolute Gasteiger partial charge is 0.352 e. The molecule has 1 fully saturated rings. The van der Waals surface area contributed by atoms with E-state index >= 15 is 0 Å². The molecular weight excluding hydrogens is 266 g/mol. The number of aromatic nitrogens is 2. The van der Waals surface area contributed by atoms with Crippen molar-refractivity contribution in [3.05, 3.63) is 17.8 Å². The third-order valence-corrected chi connectivity index (χ3v) is 4.74. The standard InChI is InChI=1S/C12H13N3OS2/c1-7(10(16)15-8-2-3-8)18-12-9-4-5-17-11(9)13-6-14-12/h4-8H,2-3H2,1H3,(H,15,16). The van der Waals surface area contributed by atoms with Gasteiger partial charge in [0.15, 0.2) is 0 Å². The van der Waals surface area contributed by atoms with Crippen LogP contribution in [0.4, 0.5) is 0 Å². The van der Waals surface area contributed by atoms with Crippen LogP contribution >= 0.6 is 23.1 Å². The summed E-state index contributed by atoms with van der Waals surface area (Å²) in [7, 11) is 0. The molecule has 0 aliphatic heterocycles. The van der Waals surface area contributed by atoms with Gasteiger partial charge in [-0.05, 0) is 31.2 Å². The predicted molar refractivity (Wildman–Crippen MR) is 73.9 cm³/mol. The fourth-order valence-electron chi connectivity index (χ4n) is 1.63. The van der Waals surface area contributed by atoms with E-state index in [1.54, 1.807) is 17.7 Å². The van der Waals surface area contributed by atoms with Crippen LogP contribution < -0.4 is 5.32 Å². The molecule has 2 heterocycles. The maximum absolute atomic E-state index is 11.9. The van der Waals surface area contributed by atoms with Crippen molar-refractivity contribution in [2.24, 2.45) is 0 Å². The maximum atomic E-state index is 11.9. The SMILES string of the molecule is CC(Sc1ncnc2sccc12)C(=O)NC1CC1. The zero-order valence-electron chi connectivity index (χ0n) is 9.92. The predicted octanol–water partition coefficient (Wildman–Crippen LogP) is 2.45. The van der Waals surface area contributed by atoms with Crippen molar-refractivity contribution in [2.45, 2.75) is 36.1 Å². The summed E-state index contributed by atoms with van der Waals surface area (Å²) in [5, 5.41) is 6.82. The first-order chi connectivity index (χ1) is 8.74. The van der Waals surface area contributed by atoms with E-state index in [2.05, 4.69) is 15.3 Å². The molecule has 2 aromatic heterocycles. The summed E-state index contributed by atoms with van der Waals surface area (Å²) in [6.07, 6.45) is 3.80. The number of nitrogens with one attached hydrogen (secondary N) is 1. The second-order valence-corrected chi connectivity index (χ2v) is 6.59. The second kappa shape index (κ2) is 4.85. The molecule has 1 amide bonds. The van der Waals surface area contributed by atoms with Gasteiger partial charge in [0, 0.05) is 11.4 Å². The number of carbonyl (C=O) groups is 1. The van der Waals surface area contributed by atoms with Crippen LogP contribution in [-0.4, -0.2) is 27.2 Å². The Morgan fingerprint density at radius 2 is 2.39 bits per heavy atom. The van der Waals surface area contributed by atoms with Crippen LogP contribution in [0.5, 0.6) is 0 Å². The fraction of sp³-hybridized carbons (Fsp3) is 0.417. The fourth-order valence-corrected chi connectivity index (χ4v) is 3.34. The van der Waals surface area contributed by atoms with Crippen molar-refractivity contribution in [3.8, 4) is 0 Å². The van der Waals surface area contributed by atoms with Gasteiger partial charge in [0.1, 0.15) is 16.2 Å². The first kappa shape index (κ1) is 11.9. The summed E-state index contributed by atoms with van der Waals surface area (Å²) in [6, 6.07) is 2.42. The van der Waals surface area contributed by atoms with E-state index in [1.807, 2.05) is 18.4 Å². The maximum Gasteiger partial charge on any atom is 0.233 e. The summed E-state index contributed by atoms with van der Waals surface area (Å²) in [5.41, 5.74) is 0. The van der Waals surface area contributed by atoms with Gasteiger partial charge in [-0.3, -0.25) is 4.79 Å². The van der Waals surface area contributed by atoms with E-state index in [0.717, 1.165) is 28.1 Å². The molecule has 0 saturated heterocycles. The number of thioether (sulfide) groups is 1. The normalized spacial score (nSPS) is 16.7. The topological polar surface area (TPSA) is 54.9 Å². The van der Waals surface area contributed by atoms with E-state index in [9.17, 15) is 4.79 Å². The lowest BCUT2D eigenvalue weighted by Gasteiger charge is -2.11. The van der Waals surface area contributed by atoms with E-state index in [0.29, 0.717) is 6.04 Å². The molecule has 1 aliphatic rings. The summed E-state index contributed by atoms with van der Waals surface area (Å²) in [4.78, 5) is 21.4. The number of fused-ring (bicyclic) bond motifs is 1. The minimum Gasteiger partial charge on any atom is -0.352 e. The van der Waals surface area contributed by atoms with Crippen LogP contribution in [0, 0.1) is 0 Å². The van der Waals surface area contributed by atoms with E-state index < -0.39 is 0 Å². The first-order valence-electron chi connectivity index (χ1n) is 5.89. The van der Waals surface area contributed by atoms with Crippen LogP contribution in [0.2, 0.25) is 0 Å². The Hall–Kier alpha value is -1.14. The summed E-state index contributed by atoms with van der Waals surface area (Å²) in [5.74, 6) is 0.101. The van der Waals surface area contributed by atoms with Crippen LogP contribution in [0.25, 0.3) is 10.2 Å². The number of carbonyl (C=O) groups excluding carboxylic acids is 1. The zero-order chi connectivity index (χ0) is 12.5. The second-order valence-electron chi connectivity index (χ2n) is 4.36. The molecule has 3 rings (SSSR count). The van der Waals surface area contributed by atoms with Crippen LogP contribution in [0.1, 0.15) is 19.8 Å². The molecule has 0 aromatic carbocycles. The molecule has 0 radical (unpaired) electrons. The Bertz CT molecular complexity index is 579. The molecule has 2 aromatic rings. The number of rotatable bonds is 4. The Labute approximate surface area is 113 Å². The molecule has 1 atom stereocenters. The monoisotopic (exact) mass is 279 g/mol. The van der Waals surface area contributed by atoms with E-state index in [1.165, 1.54) is 11.8 Å². The first-order valence-corrected chi connectivity index (χ1v) is 7.65. The van der Waals surface area contributed by atoms with E-state index in [4.69, 9.17) is 0 Å². The molecule has 1 unspecified atom stereocenters. The van der Waals surface area contributed by atoms with E-state index in [-0.39, 0.29) is 11.2 Å². The Morgan fingerprint density at radius 3 is 3.17 bits per heavy atom. The van der Waals surface area contributed by atoms with Crippen molar-refractivity contribution < 1.29 is 4.79 Å². The number of nitrogens with zero attached hydrogens (tertiary/aromatic N) is 2. The third-order valence-electron chi connectivity index (χ3n) is 2.81. The molecule has 1 N–H and O–H groups in total. The summed E-state index contributed by atoms with van der Waals surface area (Å²) < 4.78 is 0. The molecule has 4 nitrogen and oxygen atoms in total. The average Bonchev–Trinajstić information content (AvgIpc) is 3.04. The van der Waals surface area contributed by atoms with Gasteiger partial charge in [-0.2, -0.15) is 0 Å². The molecule has 6 heteroatoms. The lowest BCUT2D eigenvalue weighted by molar-refractivity contribution is -0.120. The highest BCUT2D eigenvalue weighted by molar-refractivity contribution is 8.00. The number of hydrogen-bond acceptors (Lipinski definition) is 5. The minimum atomic E-state index is -0.122. The van der Waals surface area contributed by atoms with Crippen molar-refractivity contribution in [1.29, 1.82) is 0 Å². The van der Waals surface area contributed by atoms with Gasteiger partial charge in [-0.25, -0.2) is 9.97 Å². The van der Waals surface area contributed by atoms with Crippen molar-refractivity contribution >= 4 is 39.2 Å². The Morgan fingerprint density at radius 1 is 1.56 bits per heavy atom. The molecule has 1 aliphatic carbocycles. The number of thiophene rings is 1. The molecule has 1 saturated carbocycles. The third kappa shape index (κ3) is 2.49. The molecular formula is C12H13N3OS2. The Kier molecular flexibility index (Phi) is 3.22. The molecule has 94 valence electrons. The van der Waals surface area contributed by atoms with Gasteiger partial charge < -0.3 is 5.32 Å². The number of hydrogen-bond donors (Lipinski definition) is 1. The number of amides is 1. The highest BCUT2D eigenvalue weighted by atomic mass is 32.2. The zero-order valence-corrected chi connectivity index (χ0v) is 11.6. The van der Waals surface area contributed by atoms with Crippen molar-refractivity contribution in [3.63, 3.8) is 0 Å². The van der Waals surface area contributed by atoms with Gasteiger partial charge in [-0.1, -0.05) is 11.8 Å². The van der Waals surface area contributed by atoms with Gasteiger partial charge in [-0.15, -0.1) is 11.3 Å². The van der Waals surface area contributed by atoms with Gasteiger partial charge >= 0.3 is 0 Å². The highest BCUT2D eigenvalue weighted by Crippen LogP contribution is 2.30. The van der Waals surface area contributed by atoms with Gasteiger partial charge in [0.05, 0.1) is 5.25 Å². The quantitative estimate of drug-likeness (QED) is 0.690. The molecule has 0 bridgehead atoms. The lowest BCUT2D eigenvalue weighted by Crippen LogP contribution is -2.32. The molecule has 0 spiro atoms. The van der Waals surface area contributed by atoms with Gasteiger partial charge in [0.2, 0.25) is 5.91 Å². The van der Waals surface area contributed by atoms with Crippen molar-refractivity contribution in [2.75, 3.05) is 0 Å². The van der Waals surface area contributed by atoms with Gasteiger partial charge in [0.25, 0.3) is 0 Å².